The first-order chi connectivity index (χ1) is 5.80. The Morgan fingerprint density at radius 1 is 1.17 bits per heavy atom. The van der Waals surface area contributed by atoms with E-state index in [1.54, 1.807) is 0 Å². The molecule has 72 valence electrons. The smallest absolute Gasteiger partial charge is 0.212 e. The molecule has 0 saturated heterocycles. The summed E-state index contributed by atoms with van der Waals surface area (Å²) in [4.78, 5) is 0. The number of rotatable bonds is 1. The van der Waals surface area contributed by atoms with E-state index in [1.807, 2.05) is 27.7 Å². The van der Waals surface area contributed by atoms with Crippen LogP contribution in [0, 0.1) is 0 Å². The van der Waals surface area contributed by atoms with Crippen LogP contribution in [0.15, 0.2) is 18.5 Å². The van der Waals surface area contributed by atoms with Crippen molar-refractivity contribution in [2.75, 3.05) is 0 Å². The van der Waals surface area contributed by atoms with Crippen molar-refractivity contribution in [2.24, 2.45) is 0 Å². The fourth-order valence-electron chi connectivity index (χ4n) is 0.396. The predicted octanol–water partition coefficient (Wildman–Crippen LogP) is 3.33. The summed E-state index contributed by atoms with van der Waals surface area (Å²) in [5, 5.41) is 3.28. The summed E-state index contributed by atoms with van der Waals surface area (Å²) in [6.07, 6.45) is 2.52. The zero-order chi connectivity index (χ0) is 9.98. The molecule has 2 nitrogen and oxygen atoms in total. The summed E-state index contributed by atoms with van der Waals surface area (Å²) < 4.78 is 23.6. The van der Waals surface area contributed by atoms with Crippen molar-refractivity contribution in [3.8, 4) is 0 Å². The zero-order valence-corrected chi connectivity index (χ0v) is 7.96. The molecule has 1 aromatic rings. The molecule has 0 aliphatic heterocycles. The lowest BCUT2D eigenvalue weighted by atomic mass is 10.8. The summed E-state index contributed by atoms with van der Waals surface area (Å²) in [6, 6.07) is 1.45. The Hall–Kier alpha value is -0.930. The molecule has 0 aliphatic carbocycles. The van der Waals surface area contributed by atoms with Gasteiger partial charge in [-0.3, -0.25) is 0 Å². The Morgan fingerprint density at radius 3 is 1.83 bits per heavy atom. The van der Waals surface area contributed by atoms with Crippen LogP contribution in [0.2, 0.25) is 0 Å². The molecule has 0 unspecified atom stereocenters. The van der Waals surface area contributed by atoms with Crippen molar-refractivity contribution in [1.82, 2.24) is 9.78 Å². The molecule has 12 heavy (non-hydrogen) atoms. The Kier molecular flexibility index (Phi) is 11.5. The van der Waals surface area contributed by atoms with Crippen LogP contribution in [0.1, 0.15) is 34.2 Å². The maximum absolute atomic E-state index is 11.5. The first-order valence-electron chi connectivity index (χ1n) is 4.08. The van der Waals surface area contributed by atoms with Crippen LogP contribution in [-0.2, 0) is 0 Å². The van der Waals surface area contributed by atoms with Gasteiger partial charge in [0.25, 0.3) is 0 Å². The summed E-state index contributed by atoms with van der Waals surface area (Å²) >= 11 is 0. The Labute approximate surface area is 72.2 Å². The molecule has 0 spiro atoms. The molecule has 0 amide bonds. The minimum atomic E-state index is -2.51. The summed E-state index contributed by atoms with van der Waals surface area (Å²) in [5.41, 5.74) is 0. The summed E-state index contributed by atoms with van der Waals surface area (Å²) in [6.45, 7) is 5.49. The third-order valence-corrected chi connectivity index (χ3v) is 0.725. The van der Waals surface area contributed by atoms with E-state index < -0.39 is 6.55 Å². The molecule has 1 heterocycles. The van der Waals surface area contributed by atoms with Gasteiger partial charge in [0, 0.05) is 12.4 Å². The van der Waals surface area contributed by atoms with Crippen molar-refractivity contribution in [2.45, 2.75) is 34.2 Å². The van der Waals surface area contributed by atoms with Crippen LogP contribution in [0.25, 0.3) is 0 Å². The van der Waals surface area contributed by atoms with Crippen LogP contribution in [0.4, 0.5) is 8.78 Å². The number of aromatic nitrogens is 2. The third kappa shape index (κ3) is 5.82. The fourth-order valence-corrected chi connectivity index (χ4v) is 0.396. The van der Waals surface area contributed by atoms with E-state index in [2.05, 4.69) is 5.10 Å². The number of alkyl halides is 2. The van der Waals surface area contributed by atoms with Crippen LogP contribution in [0.3, 0.4) is 0 Å². The van der Waals surface area contributed by atoms with Gasteiger partial charge in [-0.05, 0) is 6.07 Å². The van der Waals surface area contributed by atoms with Crippen LogP contribution < -0.4 is 0 Å². The molecule has 0 fully saturated rings. The van der Waals surface area contributed by atoms with Crippen molar-refractivity contribution in [1.29, 1.82) is 0 Å². The molecule has 0 aliphatic rings. The van der Waals surface area contributed by atoms with E-state index in [0.717, 1.165) is 0 Å². The average molecular weight is 178 g/mol. The van der Waals surface area contributed by atoms with Crippen LogP contribution >= 0.6 is 0 Å². The van der Waals surface area contributed by atoms with E-state index in [0.29, 0.717) is 4.68 Å². The van der Waals surface area contributed by atoms with Crippen molar-refractivity contribution in [3.63, 3.8) is 0 Å². The summed E-state index contributed by atoms with van der Waals surface area (Å²) in [5.74, 6) is 0. The van der Waals surface area contributed by atoms with Gasteiger partial charge in [0.15, 0.2) is 0 Å². The van der Waals surface area contributed by atoms with Gasteiger partial charge in [0.1, 0.15) is 0 Å². The molecule has 0 aromatic carbocycles. The van der Waals surface area contributed by atoms with Gasteiger partial charge in [-0.2, -0.15) is 13.9 Å². The highest BCUT2D eigenvalue weighted by Crippen LogP contribution is 2.04. The molecule has 0 N–H and O–H groups in total. The second kappa shape index (κ2) is 10.1. The topological polar surface area (TPSA) is 17.8 Å². The van der Waals surface area contributed by atoms with E-state index in [-0.39, 0.29) is 0 Å². The highest BCUT2D eigenvalue weighted by Gasteiger charge is 2.01. The third-order valence-electron chi connectivity index (χ3n) is 0.725. The van der Waals surface area contributed by atoms with Crippen LogP contribution in [0.5, 0.6) is 0 Å². The second-order valence-electron chi connectivity index (χ2n) is 1.26. The largest absolute Gasteiger partial charge is 0.333 e. The molecular weight excluding hydrogens is 162 g/mol. The Balaban J connectivity index is 0. The highest BCUT2D eigenvalue weighted by molar-refractivity contribution is 4.77. The lowest BCUT2D eigenvalue weighted by Crippen LogP contribution is -1.96. The van der Waals surface area contributed by atoms with Gasteiger partial charge in [-0.25, -0.2) is 4.68 Å². The van der Waals surface area contributed by atoms with Gasteiger partial charge in [-0.1, -0.05) is 27.7 Å². The monoisotopic (exact) mass is 178 g/mol. The zero-order valence-electron chi connectivity index (χ0n) is 7.96. The van der Waals surface area contributed by atoms with E-state index in [1.165, 1.54) is 18.5 Å². The van der Waals surface area contributed by atoms with Crippen molar-refractivity contribution >= 4 is 0 Å². The van der Waals surface area contributed by atoms with Gasteiger partial charge < -0.3 is 0 Å². The molecule has 0 atom stereocenters. The van der Waals surface area contributed by atoms with Crippen molar-refractivity contribution in [3.05, 3.63) is 18.5 Å². The SMILES string of the molecule is CC.CC.FC(F)n1cccn1. The molecule has 0 bridgehead atoms. The predicted molar refractivity (Wildman–Crippen MR) is 46.2 cm³/mol. The quantitative estimate of drug-likeness (QED) is 0.645. The number of halogens is 2. The molecule has 4 heteroatoms. The van der Waals surface area contributed by atoms with Gasteiger partial charge in [-0.15, -0.1) is 0 Å². The second-order valence-corrected chi connectivity index (χ2v) is 1.26. The minimum Gasteiger partial charge on any atom is -0.212 e. The number of hydrogen-bond acceptors (Lipinski definition) is 1. The normalized spacial score (nSPS) is 7.92. The first-order valence-corrected chi connectivity index (χ1v) is 4.08. The highest BCUT2D eigenvalue weighted by atomic mass is 19.3. The fraction of sp³-hybridized carbons (Fsp3) is 0.625. The van der Waals surface area contributed by atoms with E-state index >= 15 is 0 Å². The van der Waals surface area contributed by atoms with Crippen LogP contribution in [-0.4, -0.2) is 9.78 Å². The lowest BCUT2D eigenvalue weighted by Gasteiger charge is -1.93. The Bertz CT molecular complexity index is 150. The van der Waals surface area contributed by atoms with Gasteiger partial charge >= 0.3 is 6.55 Å². The van der Waals surface area contributed by atoms with E-state index in [4.69, 9.17) is 0 Å². The first kappa shape index (κ1) is 13.6. The lowest BCUT2D eigenvalue weighted by molar-refractivity contribution is 0.0566. The minimum absolute atomic E-state index is 0.583. The molecular formula is C8H16F2N2. The number of hydrogen-bond donors (Lipinski definition) is 0. The van der Waals surface area contributed by atoms with E-state index in [9.17, 15) is 8.78 Å². The Morgan fingerprint density at radius 2 is 1.67 bits per heavy atom. The molecule has 0 saturated carbocycles. The maximum Gasteiger partial charge on any atom is 0.333 e. The average Bonchev–Trinajstić information content (AvgIpc) is 2.64. The molecule has 0 radical (unpaired) electrons. The molecule has 1 rings (SSSR count). The molecule has 1 aromatic heterocycles. The summed E-state index contributed by atoms with van der Waals surface area (Å²) in [7, 11) is 0. The van der Waals surface area contributed by atoms with Crippen molar-refractivity contribution < 1.29 is 8.78 Å². The maximum atomic E-state index is 11.5. The van der Waals surface area contributed by atoms with Gasteiger partial charge in [0.05, 0.1) is 0 Å². The van der Waals surface area contributed by atoms with Gasteiger partial charge in [0.2, 0.25) is 0 Å². The standard InChI is InChI=1S/C4H4F2N2.2C2H6/c5-4(6)8-3-1-2-7-8;2*1-2/h1-4H;2*1-2H3. The number of nitrogens with zero attached hydrogens (tertiary/aromatic N) is 2.